The molecule has 1 aliphatic rings. The first-order chi connectivity index (χ1) is 8.24. The van der Waals surface area contributed by atoms with Crippen molar-refractivity contribution in [2.45, 2.75) is 11.7 Å². The summed E-state index contributed by atoms with van der Waals surface area (Å²) in [6.07, 6.45) is 0.276. The van der Waals surface area contributed by atoms with Gasteiger partial charge in [0.25, 0.3) is 0 Å². The summed E-state index contributed by atoms with van der Waals surface area (Å²) < 4.78 is 0. The molecule has 1 aromatic rings. The number of thioether (sulfide) groups is 1. The number of carbonyl (C=O) groups excluding carboxylic acids is 2. The van der Waals surface area contributed by atoms with Crippen LogP contribution in [0.25, 0.3) is 0 Å². The molecule has 0 bridgehead atoms. The molecule has 0 radical (unpaired) electrons. The molecule has 0 spiro atoms. The van der Waals surface area contributed by atoms with Crippen LogP contribution < -0.4 is 10.6 Å². The predicted molar refractivity (Wildman–Crippen MR) is 68.9 cm³/mol. The zero-order valence-corrected chi connectivity index (χ0v) is 10.2. The van der Waals surface area contributed by atoms with E-state index in [0.717, 1.165) is 0 Å². The monoisotopic (exact) mass is 250 g/mol. The third kappa shape index (κ3) is 2.50. The fraction of sp³-hybridized carbons (Fsp3) is 0.333. The molecule has 1 atom stereocenters. The van der Waals surface area contributed by atoms with Crippen LogP contribution in [0.5, 0.6) is 0 Å². The Kier molecular flexibility index (Phi) is 3.81. The molecule has 90 valence electrons. The number of anilines is 1. The van der Waals surface area contributed by atoms with Gasteiger partial charge >= 0.3 is 0 Å². The first-order valence-electron chi connectivity index (χ1n) is 5.47. The van der Waals surface area contributed by atoms with Crippen LogP contribution in [0, 0.1) is 0 Å². The molecule has 1 aliphatic heterocycles. The molecule has 2 amide bonds. The highest BCUT2D eigenvalue weighted by atomic mass is 32.2. The van der Waals surface area contributed by atoms with Crippen LogP contribution in [0.1, 0.15) is 6.42 Å². The minimum atomic E-state index is -0.272. The van der Waals surface area contributed by atoms with Gasteiger partial charge < -0.3 is 5.73 Å². The quantitative estimate of drug-likeness (QED) is 0.810. The zero-order valence-electron chi connectivity index (χ0n) is 9.33. The summed E-state index contributed by atoms with van der Waals surface area (Å²) in [5, 5.41) is -0.272. The molecule has 2 rings (SSSR count). The molecule has 1 unspecified atom stereocenters. The Morgan fingerprint density at radius 3 is 2.65 bits per heavy atom. The van der Waals surface area contributed by atoms with Crippen molar-refractivity contribution >= 4 is 29.3 Å². The summed E-state index contributed by atoms with van der Waals surface area (Å²) in [5.41, 5.74) is 6.05. The Bertz CT molecular complexity index is 422. The maximum absolute atomic E-state index is 12.1. The van der Waals surface area contributed by atoms with Crippen molar-refractivity contribution in [2.24, 2.45) is 5.73 Å². The second-order valence-corrected chi connectivity index (χ2v) is 5.07. The molecule has 1 aromatic carbocycles. The van der Waals surface area contributed by atoms with Crippen molar-refractivity contribution < 1.29 is 9.59 Å². The van der Waals surface area contributed by atoms with Gasteiger partial charge in [-0.25, -0.2) is 4.90 Å². The van der Waals surface area contributed by atoms with Gasteiger partial charge in [0.05, 0.1) is 10.9 Å². The lowest BCUT2D eigenvalue weighted by Gasteiger charge is -2.14. The fourth-order valence-electron chi connectivity index (χ4n) is 1.79. The second-order valence-electron chi connectivity index (χ2n) is 3.76. The van der Waals surface area contributed by atoms with E-state index in [-0.39, 0.29) is 23.5 Å². The molecule has 4 nitrogen and oxygen atoms in total. The minimum absolute atomic E-state index is 0.125. The van der Waals surface area contributed by atoms with E-state index in [1.54, 1.807) is 12.1 Å². The van der Waals surface area contributed by atoms with Gasteiger partial charge in [0.1, 0.15) is 0 Å². The molecule has 5 heteroatoms. The van der Waals surface area contributed by atoms with E-state index in [1.807, 2.05) is 18.2 Å². The fourth-order valence-corrected chi connectivity index (χ4v) is 2.72. The maximum atomic E-state index is 12.1. The van der Waals surface area contributed by atoms with Crippen molar-refractivity contribution in [3.05, 3.63) is 30.3 Å². The van der Waals surface area contributed by atoms with Gasteiger partial charge in [-0.05, 0) is 12.1 Å². The van der Waals surface area contributed by atoms with E-state index in [2.05, 4.69) is 0 Å². The van der Waals surface area contributed by atoms with Crippen LogP contribution in [-0.4, -0.2) is 29.4 Å². The molecular formula is C12H14N2O2S. The number of nitrogens with two attached hydrogens (primary N) is 1. The van der Waals surface area contributed by atoms with E-state index in [9.17, 15) is 9.59 Å². The molecule has 0 aliphatic carbocycles. The van der Waals surface area contributed by atoms with E-state index in [4.69, 9.17) is 5.73 Å². The summed E-state index contributed by atoms with van der Waals surface area (Å²) in [6, 6.07) is 9.03. The average molecular weight is 250 g/mol. The number of amides is 2. The lowest BCUT2D eigenvalue weighted by Crippen LogP contribution is -2.31. The number of carbonyl (C=O) groups is 2. The molecule has 2 N–H and O–H groups in total. The van der Waals surface area contributed by atoms with Crippen molar-refractivity contribution in [1.29, 1.82) is 0 Å². The van der Waals surface area contributed by atoms with Crippen LogP contribution in [0.2, 0.25) is 0 Å². The molecule has 1 fully saturated rings. The molecule has 0 saturated carbocycles. The first kappa shape index (κ1) is 12.1. The average Bonchev–Trinajstić information content (AvgIpc) is 2.63. The lowest BCUT2D eigenvalue weighted by molar-refractivity contribution is -0.121. The summed E-state index contributed by atoms with van der Waals surface area (Å²) in [7, 11) is 0. The normalized spacial score (nSPS) is 20.1. The molecular weight excluding hydrogens is 236 g/mol. The Hall–Kier alpha value is -1.33. The van der Waals surface area contributed by atoms with Crippen molar-refractivity contribution in [1.82, 2.24) is 0 Å². The van der Waals surface area contributed by atoms with E-state index in [1.165, 1.54) is 16.7 Å². The summed E-state index contributed by atoms with van der Waals surface area (Å²) in [4.78, 5) is 25.2. The number of para-hydroxylation sites is 1. The Labute approximate surface area is 104 Å². The van der Waals surface area contributed by atoms with Gasteiger partial charge in [-0.2, -0.15) is 0 Å². The third-order valence-corrected chi connectivity index (χ3v) is 3.80. The van der Waals surface area contributed by atoms with Gasteiger partial charge in [-0.15, -0.1) is 11.8 Å². The van der Waals surface area contributed by atoms with Crippen LogP contribution >= 0.6 is 11.8 Å². The minimum Gasteiger partial charge on any atom is -0.330 e. The van der Waals surface area contributed by atoms with E-state index >= 15 is 0 Å². The predicted octanol–water partition coefficient (Wildman–Crippen LogP) is 1.01. The number of imide groups is 1. The van der Waals surface area contributed by atoms with Crippen LogP contribution in [-0.2, 0) is 9.59 Å². The standard InChI is InChI=1S/C12H14N2O2S/c13-6-7-17-10-8-11(15)14(12(10)16)9-4-2-1-3-5-9/h1-5,10H,6-8,13H2. The molecule has 17 heavy (non-hydrogen) atoms. The maximum Gasteiger partial charge on any atom is 0.247 e. The van der Waals surface area contributed by atoms with Gasteiger partial charge in [0.15, 0.2) is 0 Å². The van der Waals surface area contributed by atoms with Crippen molar-refractivity contribution in [3.8, 4) is 0 Å². The number of hydrogen-bond donors (Lipinski definition) is 1. The van der Waals surface area contributed by atoms with E-state index in [0.29, 0.717) is 18.0 Å². The Morgan fingerprint density at radius 2 is 2.00 bits per heavy atom. The number of nitrogens with zero attached hydrogens (tertiary/aromatic N) is 1. The summed E-state index contributed by atoms with van der Waals surface area (Å²) in [6.45, 7) is 0.522. The first-order valence-corrected chi connectivity index (χ1v) is 6.52. The zero-order chi connectivity index (χ0) is 12.3. The number of hydrogen-bond acceptors (Lipinski definition) is 4. The van der Waals surface area contributed by atoms with Gasteiger partial charge in [0, 0.05) is 18.7 Å². The highest BCUT2D eigenvalue weighted by Crippen LogP contribution is 2.28. The Balaban J connectivity index is 2.15. The van der Waals surface area contributed by atoms with Crippen molar-refractivity contribution in [3.63, 3.8) is 0 Å². The van der Waals surface area contributed by atoms with Crippen LogP contribution in [0.4, 0.5) is 5.69 Å². The largest absolute Gasteiger partial charge is 0.330 e. The topological polar surface area (TPSA) is 63.4 Å². The van der Waals surface area contributed by atoms with Gasteiger partial charge in [0.2, 0.25) is 11.8 Å². The summed E-state index contributed by atoms with van der Waals surface area (Å²) >= 11 is 1.46. The SMILES string of the molecule is NCCSC1CC(=O)N(c2ccccc2)C1=O. The van der Waals surface area contributed by atoms with Crippen LogP contribution in [0.15, 0.2) is 30.3 Å². The summed E-state index contributed by atoms with van der Waals surface area (Å²) in [5.74, 6) is 0.446. The second kappa shape index (κ2) is 5.33. The smallest absolute Gasteiger partial charge is 0.247 e. The van der Waals surface area contributed by atoms with Gasteiger partial charge in [-0.1, -0.05) is 18.2 Å². The van der Waals surface area contributed by atoms with Crippen molar-refractivity contribution in [2.75, 3.05) is 17.2 Å². The highest BCUT2D eigenvalue weighted by molar-refractivity contribution is 8.00. The number of benzene rings is 1. The van der Waals surface area contributed by atoms with Crippen LogP contribution in [0.3, 0.4) is 0 Å². The van der Waals surface area contributed by atoms with E-state index < -0.39 is 0 Å². The Morgan fingerprint density at radius 1 is 1.29 bits per heavy atom. The lowest BCUT2D eigenvalue weighted by atomic mass is 10.3. The third-order valence-electron chi connectivity index (χ3n) is 2.56. The highest BCUT2D eigenvalue weighted by Gasteiger charge is 2.39. The molecule has 1 heterocycles. The molecule has 0 aromatic heterocycles. The number of rotatable bonds is 4. The van der Waals surface area contributed by atoms with Gasteiger partial charge in [-0.3, -0.25) is 9.59 Å². The molecule has 1 saturated heterocycles.